The number of benzene rings is 1. The monoisotopic (exact) mass is 243 g/mol. The maximum absolute atomic E-state index is 11.9. The smallest absolute Gasteiger partial charge is 0.315 e. The van der Waals surface area contributed by atoms with Gasteiger partial charge >= 0.3 is 5.24 Å². The number of hydrogen-bond donors (Lipinski definition) is 1. The Bertz CT molecular complexity index is 376. The van der Waals surface area contributed by atoms with Crippen LogP contribution < -0.4 is 10.1 Å². The summed E-state index contributed by atoms with van der Waals surface area (Å²) in [6.45, 7) is 5.78. The van der Waals surface area contributed by atoms with Crippen LogP contribution in [0.25, 0.3) is 0 Å². The van der Waals surface area contributed by atoms with Gasteiger partial charge in [-0.05, 0) is 32.9 Å². The summed E-state index contributed by atoms with van der Waals surface area (Å²) in [5.41, 5.74) is 0.203. The van der Waals surface area contributed by atoms with E-state index < -0.39 is 5.24 Å². The number of amides is 1. The van der Waals surface area contributed by atoms with Crippen LogP contribution in [0.3, 0.4) is 0 Å². The fourth-order valence-corrected chi connectivity index (χ4v) is 1.28. The molecule has 0 fully saturated rings. The van der Waals surface area contributed by atoms with Crippen LogP contribution in [-0.4, -0.2) is 10.8 Å². The normalized spacial score (nSPS) is 11.0. The van der Waals surface area contributed by atoms with Gasteiger partial charge in [0.25, 0.3) is 0 Å². The van der Waals surface area contributed by atoms with Crippen molar-refractivity contribution in [1.29, 1.82) is 0 Å². The highest BCUT2D eigenvalue weighted by atomic mass is 32.2. The zero-order chi connectivity index (χ0) is 12.2. The molecular weight excluding hydrogens is 229 g/mol. The van der Waals surface area contributed by atoms with Gasteiger partial charge in [-0.1, -0.05) is 6.07 Å². The van der Waals surface area contributed by atoms with Gasteiger partial charge in [0.1, 0.15) is 23.5 Å². The van der Waals surface area contributed by atoms with Crippen molar-refractivity contribution >= 4 is 23.1 Å². The number of carbonyl (C=O) groups is 1. The highest BCUT2D eigenvalue weighted by Crippen LogP contribution is 2.22. The second kappa shape index (κ2) is 5.21. The lowest BCUT2D eigenvalue weighted by atomic mass is 10.2. The van der Waals surface area contributed by atoms with Gasteiger partial charge in [-0.2, -0.15) is 3.89 Å². The second-order valence-electron chi connectivity index (χ2n) is 4.23. The minimum Gasteiger partial charge on any atom is -0.488 e. The Morgan fingerprint density at radius 3 is 2.69 bits per heavy atom. The first-order chi connectivity index (χ1) is 7.40. The third-order valence-corrected chi connectivity index (χ3v) is 1.82. The molecule has 0 aromatic heterocycles. The molecule has 5 heteroatoms. The van der Waals surface area contributed by atoms with E-state index in [2.05, 4.69) is 5.32 Å². The molecule has 3 nitrogen and oxygen atoms in total. The average molecular weight is 243 g/mol. The van der Waals surface area contributed by atoms with Gasteiger partial charge in [0, 0.05) is 11.8 Å². The molecule has 0 saturated heterocycles. The van der Waals surface area contributed by atoms with Crippen molar-refractivity contribution in [1.82, 2.24) is 0 Å². The minimum atomic E-state index is -0.743. The van der Waals surface area contributed by atoms with Crippen molar-refractivity contribution in [3.63, 3.8) is 0 Å². The van der Waals surface area contributed by atoms with Gasteiger partial charge in [-0.15, -0.1) is 0 Å². The molecule has 0 atom stereocenters. The quantitative estimate of drug-likeness (QED) is 0.852. The van der Waals surface area contributed by atoms with Crippen LogP contribution in [0.4, 0.5) is 14.4 Å². The molecule has 0 unspecified atom stereocenters. The van der Waals surface area contributed by atoms with E-state index in [9.17, 15) is 8.68 Å². The molecule has 0 aliphatic carbocycles. The molecule has 1 rings (SSSR count). The van der Waals surface area contributed by atoms with Crippen molar-refractivity contribution in [3.05, 3.63) is 24.3 Å². The predicted octanol–water partition coefficient (Wildman–Crippen LogP) is 4.01. The Kier molecular flexibility index (Phi) is 4.18. The van der Waals surface area contributed by atoms with Crippen LogP contribution in [0, 0.1) is 0 Å². The molecule has 0 aliphatic rings. The van der Waals surface area contributed by atoms with Crippen molar-refractivity contribution < 1.29 is 13.4 Å². The van der Waals surface area contributed by atoms with Crippen LogP contribution in [0.15, 0.2) is 24.3 Å². The van der Waals surface area contributed by atoms with E-state index in [-0.39, 0.29) is 17.7 Å². The number of rotatable bonds is 2. The van der Waals surface area contributed by atoms with Crippen LogP contribution in [0.2, 0.25) is 0 Å². The van der Waals surface area contributed by atoms with E-state index in [0.717, 1.165) is 0 Å². The molecule has 16 heavy (non-hydrogen) atoms. The second-order valence-corrected chi connectivity index (χ2v) is 4.76. The van der Waals surface area contributed by atoms with E-state index in [1.165, 1.54) is 0 Å². The lowest BCUT2D eigenvalue weighted by Gasteiger charge is -2.21. The third kappa shape index (κ3) is 4.53. The highest BCUT2D eigenvalue weighted by Gasteiger charge is 2.12. The summed E-state index contributed by atoms with van der Waals surface area (Å²) in [5, 5.41) is 1.64. The zero-order valence-electron chi connectivity index (χ0n) is 9.41. The summed E-state index contributed by atoms with van der Waals surface area (Å²) in [7, 11) is 0. The van der Waals surface area contributed by atoms with Crippen LogP contribution in [-0.2, 0) is 0 Å². The summed E-state index contributed by atoms with van der Waals surface area (Å²) < 4.78 is 17.5. The summed E-state index contributed by atoms with van der Waals surface area (Å²) in [6.07, 6.45) is 0. The standard InChI is InChI=1S/C11H14FNO2S/c1-11(2,3)15-9-6-4-5-8(7-9)13-10(14)16-12/h4-7H,1-3H3,(H,13,14). The molecule has 0 bridgehead atoms. The summed E-state index contributed by atoms with van der Waals surface area (Å²) in [6, 6.07) is 6.84. The maximum Gasteiger partial charge on any atom is 0.315 e. The Morgan fingerprint density at radius 1 is 1.44 bits per heavy atom. The van der Waals surface area contributed by atoms with Gasteiger partial charge < -0.3 is 10.1 Å². The molecule has 1 aromatic rings. The first kappa shape index (κ1) is 12.8. The van der Waals surface area contributed by atoms with Crippen LogP contribution >= 0.6 is 12.1 Å². The SMILES string of the molecule is CC(C)(C)Oc1cccc(NC(=O)SF)c1. The van der Waals surface area contributed by atoms with E-state index in [4.69, 9.17) is 4.74 Å². The molecule has 0 saturated carbocycles. The minimum absolute atomic E-state index is 0.308. The largest absolute Gasteiger partial charge is 0.488 e. The Hall–Kier alpha value is -1.23. The first-order valence-electron chi connectivity index (χ1n) is 4.79. The maximum atomic E-state index is 11.9. The van der Waals surface area contributed by atoms with E-state index in [0.29, 0.717) is 11.4 Å². The Balaban J connectivity index is 2.75. The van der Waals surface area contributed by atoms with Crippen LogP contribution in [0.5, 0.6) is 5.75 Å². The topological polar surface area (TPSA) is 38.3 Å². The van der Waals surface area contributed by atoms with Gasteiger partial charge in [-0.25, -0.2) is 0 Å². The molecule has 0 radical (unpaired) electrons. The van der Waals surface area contributed by atoms with Gasteiger partial charge in [0.2, 0.25) is 0 Å². The first-order valence-corrected chi connectivity index (χ1v) is 5.51. The molecule has 1 N–H and O–H groups in total. The third-order valence-electron chi connectivity index (χ3n) is 1.57. The van der Waals surface area contributed by atoms with Crippen molar-refractivity contribution in [2.24, 2.45) is 0 Å². The van der Waals surface area contributed by atoms with Gasteiger partial charge in [0.05, 0.1) is 0 Å². The fourth-order valence-electron chi connectivity index (χ4n) is 1.13. The van der Waals surface area contributed by atoms with Crippen molar-refractivity contribution in [2.45, 2.75) is 26.4 Å². The Labute approximate surface area is 98.7 Å². The molecule has 88 valence electrons. The number of hydrogen-bond acceptors (Lipinski definition) is 3. The lowest BCUT2D eigenvalue weighted by molar-refractivity contribution is 0.131. The highest BCUT2D eigenvalue weighted by molar-refractivity contribution is 8.09. The lowest BCUT2D eigenvalue weighted by Crippen LogP contribution is -2.22. The van der Waals surface area contributed by atoms with E-state index in [1.807, 2.05) is 20.8 Å². The molecule has 1 aromatic carbocycles. The fraction of sp³-hybridized carbons (Fsp3) is 0.364. The van der Waals surface area contributed by atoms with E-state index >= 15 is 0 Å². The van der Waals surface area contributed by atoms with Crippen LogP contribution in [0.1, 0.15) is 20.8 Å². The van der Waals surface area contributed by atoms with Crippen molar-refractivity contribution in [3.8, 4) is 5.75 Å². The van der Waals surface area contributed by atoms with E-state index in [1.54, 1.807) is 24.3 Å². The number of nitrogens with one attached hydrogen (secondary N) is 1. The zero-order valence-corrected chi connectivity index (χ0v) is 10.2. The molecule has 0 aliphatic heterocycles. The molecule has 1 amide bonds. The van der Waals surface area contributed by atoms with Gasteiger partial charge in [0.15, 0.2) is 0 Å². The number of ether oxygens (including phenoxy) is 1. The van der Waals surface area contributed by atoms with Crippen molar-refractivity contribution in [2.75, 3.05) is 5.32 Å². The number of halogens is 1. The Morgan fingerprint density at radius 2 is 2.12 bits per heavy atom. The summed E-state index contributed by atoms with van der Waals surface area (Å²) in [5.74, 6) is 0.633. The molecule has 0 spiro atoms. The summed E-state index contributed by atoms with van der Waals surface area (Å²) >= 11 is -0.352. The number of anilines is 1. The average Bonchev–Trinajstić information content (AvgIpc) is 2.15. The van der Waals surface area contributed by atoms with Gasteiger partial charge in [-0.3, -0.25) is 4.79 Å². The molecule has 0 heterocycles. The molecular formula is C11H14FNO2S. The predicted molar refractivity (Wildman–Crippen MR) is 64.5 cm³/mol. The summed E-state index contributed by atoms with van der Waals surface area (Å²) in [4.78, 5) is 10.8. The number of carbonyl (C=O) groups excluding carboxylic acids is 1.